The number of anilines is 2. The Kier molecular flexibility index (Phi) is 6.60. The molecular formula is C22H23N7O4. The summed E-state index contributed by atoms with van der Waals surface area (Å²) in [7, 11) is 4.68. The minimum Gasteiger partial charge on any atom is -0.491 e. The van der Waals surface area contributed by atoms with E-state index < -0.39 is 0 Å². The molecule has 0 aromatic carbocycles. The van der Waals surface area contributed by atoms with Crippen molar-refractivity contribution in [3.05, 3.63) is 54.5 Å². The van der Waals surface area contributed by atoms with Gasteiger partial charge in [0.15, 0.2) is 11.4 Å². The molecule has 0 saturated heterocycles. The van der Waals surface area contributed by atoms with Crippen LogP contribution in [0.4, 0.5) is 11.8 Å². The van der Waals surface area contributed by atoms with Crippen LogP contribution in [0.5, 0.6) is 11.6 Å². The number of nitrogens with zero attached hydrogens (tertiary/aromatic N) is 5. The number of fused-ring (bicyclic) bond motifs is 1. The summed E-state index contributed by atoms with van der Waals surface area (Å²) < 4.78 is 17.1. The number of aromatic nitrogens is 5. The van der Waals surface area contributed by atoms with Crippen LogP contribution in [-0.4, -0.2) is 65.0 Å². The maximum Gasteiger partial charge on any atom is 0.270 e. The first-order valence-electron chi connectivity index (χ1n) is 10.1. The summed E-state index contributed by atoms with van der Waals surface area (Å²) in [5.41, 5.74) is 2.64. The predicted molar refractivity (Wildman–Crippen MR) is 121 cm³/mol. The van der Waals surface area contributed by atoms with Gasteiger partial charge in [0.25, 0.3) is 11.8 Å². The lowest BCUT2D eigenvalue weighted by Crippen LogP contribution is -2.27. The van der Waals surface area contributed by atoms with Crippen LogP contribution < -0.4 is 20.1 Å². The smallest absolute Gasteiger partial charge is 0.270 e. The molecule has 0 aliphatic rings. The zero-order valence-corrected chi connectivity index (χ0v) is 18.4. The van der Waals surface area contributed by atoms with Crippen LogP contribution >= 0.6 is 0 Å². The first kappa shape index (κ1) is 22.0. The van der Waals surface area contributed by atoms with E-state index >= 15 is 0 Å². The maximum atomic E-state index is 12.2. The molecule has 4 rings (SSSR count). The summed E-state index contributed by atoms with van der Waals surface area (Å²) in [6, 6.07) is 10.7. The van der Waals surface area contributed by atoms with E-state index in [4.69, 9.17) is 14.2 Å². The predicted octanol–water partition coefficient (Wildman–Crippen LogP) is 2.32. The Balaban J connectivity index is 1.54. The summed E-state index contributed by atoms with van der Waals surface area (Å²) in [4.78, 5) is 25.3. The van der Waals surface area contributed by atoms with E-state index in [2.05, 4.69) is 30.7 Å². The Morgan fingerprint density at radius 3 is 2.73 bits per heavy atom. The molecule has 0 saturated carbocycles. The molecule has 4 heterocycles. The Labute approximate surface area is 189 Å². The molecule has 0 bridgehead atoms. The number of ether oxygens (including phenoxy) is 3. The second-order valence-electron chi connectivity index (χ2n) is 6.87. The maximum absolute atomic E-state index is 12.2. The minimum absolute atomic E-state index is 0.281. The van der Waals surface area contributed by atoms with E-state index in [1.807, 2.05) is 18.2 Å². The topological polar surface area (TPSA) is 125 Å². The molecule has 0 unspecified atom stereocenters. The van der Waals surface area contributed by atoms with Crippen LogP contribution in [0, 0.1) is 0 Å². The zero-order valence-electron chi connectivity index (χ0n) is 18.4. The number of nitrogens with one attached hydrogen (secondary N) is 2. The molecule has 4 aromatic heterocycles. The van der Waals surface area contributed by atoms with Crippen molar-refractivity contribution in [2.24, 2.45) is 0 Å². The Morgan fingerprint density at radius 1 is 1.06 bits per heavy atom. The molecular weight excluding hydrogens is 426 g/mol. The number of methoxy groups -OCH3 is 3. The minimum atomic E-state index is -0.285. The quantitative estimate of drug-likeness (QED) is 0.370. The summed E-state index contributed by atoms with van der Waals surface area (Å²) in [5.74, 6) is 1.47. The first-order chi connectivity index (χ1) is 16.1. The number of carbonyl (C=O) groups is 1. The van der Waals surface area contributed by atoms with E-state index in [0.717, 1.165) is 11.1 Å². The second kappa shape index (κ2) is 9.92. The van der Waals surface area contributed by atoms with Crippen molar-refractivity contribution < 1.29 is 19.0 Å². The molecule has 0 atom stereocenters. The van der Waals surface area contributed by atoms with Gasteiger partial charge < -0.3 is 24.8 Å². The van der Waals surface area contributed by atoms with Crippen molar-refractivity contribution in [1.29, 1.82) is 0 Å². The number of rotatable bonds is 9. The van der Waals surface area contributed by atoms with Crippen LogP contribution in [0.2, 0.25) is 0 Å². The fraction of sp³-hybridized carbons (Fsp3) is 0.227. The van der Waals surface area contributed by atoms with E-state index in [9.17, 15) is 4.79 Å². The summed E-state index contributed by atoms with van der Waals surface area (Å²) in [6.07, 6.45) is 3.50. The normalized spacial score (nSPS) is 10.8. The highest BCUT2D eigenvalue weighted by Gasteiger charge is 2.12. The van der Waals surface area contributed by atoms with Gasteiger partial charge in [-0.05, 0) is 35.9 Å². The average molecular weight is 449 g/mol. The number of hydrogen-bond acceptors (Lipinski definition) is 9. The number of carbonyl (C=O) groups excluding carboxylic acids is 1. The highest BCUT2D eigenvalue weighted by Crippen LogP contribution is 2.30. The molecule has 11 heteroatoms. The fourth-order valence-electron chi connectivity index (χ4n) is 3.11. The van der Waals surface area contributed by atoms with Gasteiger partial charge in [-0.2, -0.15) is 4.98 Å². The highest BCUT2D eigenvalue weighted by atomic mass is 16.5. The van der Waals surface area contributed by atoms with Gasteiger partial charge in [-0.15, -0.1) is 5.10 Å². The van der Waals surface area contributed by atoms with Crippen molar-refractivity contribution in [3.8, 4) is 22.8 Å². The number of amides is 1. The van der Waals surface area contributed by atoms with Crippen molar-refractivity contribution in [1.82, 2.24) is 29.9 Å². The first-order valence-corrected chi connectivity index (χ1v) is 10.1. The van der Waals surface area contributed by atoms with Gasteiger partial charge in [-0.25, -0.2) is 14.5 Å². The Hall–Kier alpha value is -4.25. The molecule has 1 amide bonds. The molecule has 0 spiro atoms. The van der Waals surface area contributed by atoms with Crippen molar-refractivity contribution in [2.75, 3.05) is 39.8 Å². The standard InChI is InChI=1S/C22H23N7O4/c1-31-10-8-23-20(30)16-5-4-6-18(25-16)26-22-27-19-12-14(7-9-29(19)28-22)15-11-17(32-2)21(33-3)24-13-15/h4-7,9,11-13H,8,10H2,1-3H3,(H,23,30)(H,25,26,28). The van der Waals surface area contributed by atoms with Crippen LogP contribution in [0.3, 0.4) is 0 Å². The molecule has 33 heavy (non-hydrogen) atoms. The van der Waals surface area contributed by atoms with Crippen LogP contribution in [0.25, 0.3) is 16.8 Å². The molecule has 0 radical (unpaired) electrons. The summed E-state index contributed by atoms with van der Waals surface area (Å²) >= 11 is 0. The molecule has 170 valence electrons. The average Bonchev–Trinajstić information content (AvgIpc) is 3.25. The van der Waals surface area contributed by atoms with Crippen LogP contribution in [0.1, 0.15) is 10.5 Å². The molecule has 0 aliphatic heterocycles. The van der Waals surface area contributed by atoms with E-state index in [-0.39, 0.29) is 11.6 Å². The van der Waals surface area contributed by atoms with E-state index in [0.29, 0.717) is 42.2 Å². The summed E-state index contributed by atoms with van der Waals surface area (Å²) in [6.45, 7) is 0.830. The Bertz CT molecular complexity index is 1270. The zero-order chi connectivity index (χ0) is 23.2. The van der Waals surface area contributed by atoms with Crippen molar-refractivity contribution >= 4 is 23.3 Å². The molecule has 0 fully saturated rings. The molecule has 4 aromatic rings. The lowest BCUT2D eigenvalue weighted by Gasteiger charge is -2.08. The van der Waals surface area contributed by atoms with Crippen LogP contribution in [0.15, 0.2) is 48.8 Å². The summed E-state index contributed by atoms with van der Waals surface area (Å²) in [5, 5.41) is 10.2. The van der Waals surface area contributed by atoms with Gasteiger partial charge in [0.2, 0.25) is 5.95 Å². The highest BCUT2D eigenvalue weighted by molar-refractivity contribution is 5.92. The largest absolute Gasteiger partial charge is 0.491 e. The van der Waals surface area contributed by atoms with Gasteiger partial charge in [0.1, 0.15) is 11.5 Å². The second-order valence-corrected chi connectivity index (χ2v) is 6.87. The molecule has 0 aliphatic carbocycles. The van der Waals surface area contributed by atoms with Gasteiger partial charge in [-0.1, -0.05) is 6.07 Å². The lowest BCUT2D eigenvalue weighted by molar-refractivity contribution is 0.0932. The Morgan fingerprint density at radius 2 is 1.94 bits per heavy atom. The van der Waals surface area contributed by atoms with Gasteiger partial charge in [0.05, 0.1) is 20.8 Å². The van der Waals surface area contributed by atoms with E-state index in [1.165, 1.54) is 0 Å². The third kappa shape index (κ3) is 4.99. The number of hydrogen-bond donors (Lipinski definition) is 2. The number of pyridine rings is 3. The molecule has 2 N–H and O–H groups in total. The van der Waals surface area contributed by atoms with Gasteiger partial charge in [-0.3, -0.25) is 4.79 Å². The third-order valence-electron chi connectivity index (χ3n) is 4.72. The van der Waals surface area contributed by atoms with E-state index in [1.54, 1.807) is 56.4 Å². The van der Waals surface area contributed by atoms with Gasteiger partial charge in [0, 0.05) is 31.6 Å². The fourth-order valence-corrected chi connectivity index (χ4v) is 3.11. The van der Waals surface area contributed by atoms with Crippen molar-refractivity contribution in [2.45, 2.75) is 0 Å². The van der Waals surface area contributed by atoms with Crippen LogP contribution in [-0.2, 0) is 4.74 Å². The monoisotopic (exact) mass is 449 g/mol. The molecule has 11 nitrogen and oxygen atoms in total. The SMILES string of the molecule is COCCNC(=O)c1cccc(Nc2nc3cc(-c4cnc(OC)c(OC)c4)ccn3n2)n1. The van der Waals surface area contributed by atoms with Crippen molar-refractivity contribution in [3.63, 3.8) is 0 Å². The lowest BCUT2D eigenvalue weighted by atomic mass is 10.1. The van der Waals surface area contributed by atoms with Gasteiger partial charge >= 0.3 is 0 Å². The third-order valence-corrected chi connectivity index (χ3v) is 4.72.